The molecule has 0 saturated heterocycles. The quantitative estimate of drug-likeness (QED) is 0.798. The lowest BCUT2D eigenvalue weighted by Crippen LogP contribution is -2.18. The van der Waals surface area contributed by atoms with Crippen molar-refractivity contribution in [1.29, 1.82) is 0 Å². The van der Waals surface area contributed by atoms with Gasteiger partial charge in [0.2, 0.25) is 5.91 Å². The molecule has 1 aromatic rings. The molecule has 0 fully saturated rings. The molecule has 0 aromatic heterocycles. The first-order chi connectivity index (χ1) is 6.61. The summed E-state index contributed by atoms with van der Waals surface area (Å²) in [6.07, 6.45) is 1.83. The van der Waals surface area contributed by atoms with Crippen molar-refractivity contribution < 1.29 is 4.79 Å². The van der Waals surface area contributed by atoms with Crippen molar-refractivity contribution in [2.45, 2.75) is 18.9 Å². The lowest BCUT2D eigenvalue weighted by molar-refractivity contribution is 0.0998. The molecular formula is C10H11BrN2O. The van der Waals surface area contributed by atoms with E-state index in [-0.39, 0.29) is 6.04 Å². The van der Waals surface area contributed by atoms with Gasteiger partial charge < -0.3 is 11.5 Å². The maximum Gasteiger partial charge on any atom is 0.250 e. The number of carbonyl (C=O) groups excluding carboxylic acids is 1. The van der Waals surface area contributed by atoms with Gasteiger partial charge in [0.15, 0.2) is 0 Å². The Hall–Kier alpha value is -0.870. The number of aryl methyl sites for hydroxylation is 1. The number of benzene rings is 1. The van der Waals surface area contributed by atoms with Gasteiger partial charge in [-0.2, -0.15) is 0 Å². The number of hydrogen-bond donors (Lipinski definition) is 2. The first kappa shape index (κ1) is 9.68. The zero-order valence-corrected chi connectivity index (χ0v) is 9.17. The van der Waals surface area contributed by atoms with Crippen LogP contribution in [0.15, 0.2) is 16.6 Å². The second-order valence-corrected chi connectivity index (χ2v) is 4.36. The fourth-order valence-corrected chi connectivity index (χ4v) is 2.52. The Balaban J connectivity index is 2.68. The molecule has 0 unspecified atom stereocenters. The van der Waals surface area contributed by atoms with E-state index in [4.69, 9.17) is 11.5 Å². The smallest absolute Gasteiger partial charge is 0.250 e. The highest BCUT2D eigenvalue weighted by Crippen LogP contribution is 2.35. The monoisotopic (exact) mass is 254 g/mol. The number of amides is 1. The number of carbonyl (C=O) groups is 1. The van der Waals surface area contributed by atoms with E-state index < -0.39 is 5.91 Å². The van der Waals surface area contributed by atoms with E-state index >= 15 is 0 Å². The van der Waals surface area contributed by atoms with Crippen LogP contribution in [0.3, 0.4) is 0 Å². The number of nitrogens with two attached hydrogens (primary N) is 2. The van der Waals surface area contributed by atoms with Crippen LogP contribution in [-0.2, 0) is 6.42 Å². The summed E-state index contributed by atoms with van der Waals surface area (Å²) >= 11 is 3.32. The van der Waals surface area contributed by atoms with Crippen molar-refractivity contribution in [3.05, 3.63) is 33.3 Å². The molecule has 2 rings (SSSR count). The third-order valence-electron chi connectivity index (χ3n) is 2.63. The Morgan fingerprint density at radius 2 is 2.21 bits per heavy atom. The Morgan fingerprint density at radius 3 is 2.86 bits per heavy atom. The van der Waals surface area contributed by atoms with Gasteiger partial charge in [-0.25, -0.2) is 0 Å². The van der Waals surface area contributed by atoms with Crippen LogP contribution in [0, 0.1) is 0 Å². The summed E-state index contributed by atoms with van der Waals surface area (Å²) in [4.78, 5) is 11.3. The van der Waals surface area contributed by atoms with E-state index in [2.05, 4.69) is 15.9 Å². The molecule has 0 saturated carbocycles. The molecule has 1 aliphatic rings. The molecule has 0 heterocycles. The van der Waals surface area contributed by atoms with Gasteiger partial charge >= 0.3 is 0 Å². The summed E-state index contributed by atoms with van der Waals surface area (Å²) in [5.41, 5.74) is 13.9. The Kier molecular flexibility index (Phi) is 2.33. The van der Waals surface area contributed by atoms with Crippen molar-refractivity contribution in [3.63, 3.8) is 0 Å². The molecule has 4 N–H and O–H groups in total. The van der Waals surface area contributed by atoms with E-state index in [1.807, 2.05) is 12.1 Å². The molecule has 74 valence electrons. The summed E-state index contributed by atoms with van der Waals surface area (Å²) in [5.74, 6) is -0.411. The number of primary amides is 1. The van der Waals surface area contributed by atoms with Crippen molar-refractivity contribution in [1.82, 2.24) is 0 Å². The molecule has 4 heteroatoms. The van der Waals surface area contributed by atoms with E-state index in [9.17, 15) is 4.79 Å². The van der Waals surface area contributed by atoms with Crippen LogP contribution >= 0.6 is 15.9 Å². The van der Waals surface area contributed by atoms with Crippen LogP contribution in [0.5, 0.6) is 0 Å². The summed E-state index contributed by atoms with van der Waals surface area (Å²) in [7, 11) is 0. The normalized spacial score (nSPS) is 19.4. The minimum absolute atomic E-state index is 0.0509. The summed E-state index contributed by atoms with van der Waals surface area (Å²) in [5, 5.41) is 0. The van der Waals surface area contributed by atoms with Gasteiger partial charge in [-0.1, -0.05) is 6.07 Å². The second kappa shape index (κ2) is 3.37. The lowest BCUT2D eigenvalue weighted by atomic mass is 10.0. The molecule has 1 amide bonds. The molecule has 0 aliphatic heterocycles. The molecule has 1 aliphatic carbocycles. The molecule has 0 radical (unpaired) electrons. The van der Waals surface area contributed by atoms with Crippen LogP contribution in [0.4, 0.5) is 0 Å². The highest BCUT2D eigenvalue weighted by atomic mass is 79.9. The zero-order chi connectivity index (χ0) is 10.3. The van der Waals surface area contributed by atoms with Gasteiger partial charge in [0, 0.05) is 10.5 Å². The third-order valence-corrected chi connectivity index (χ3v) is 3.29. The molecule has 1 atom stereocenters. The fourth-order valence-electron chi connectivity index (χ4n) is 1.98. The Morgan fingerprint density at radius 1 is 1.50 bits per heavy atom. The first-order valence-electron chi connectivity index (χ1n) is 4.48. The molecule has 0 bridgehead atoms. The van der Waals surface area contributed by atoms with E-state index in [0.29, 0.717) is 5.56 Å². The van der Waals surface area contributed by atoms with Crippen molar-refractivity contribution >= 4 is 21.8 Å². The van der Waals surface area contributed by atoms with Crippen LogP contribution < -0.4 is 11.5 Å². The van der Waals surface area contributed by atoms with Crippen LogP contribution in [0.1, 0.15) is 33.9 Å². The van der Waals surface area contributed by atoms with E-state index in [1.165, 1.54) is 0 Å². The topological polar surface area (TPSA) is 69.1 Å². The Labute approximate surface area is 90.6 Å². The van der Waals surface area contributed by atoms with Crippen LogP contribution in [-0.4, -0.2) is 5.91 Å². The van der Waals surface area contributed by atoms with Crippen LogP contribution in [0.2, 0.25) is 0 Å². The second-order valence-electron chi connectivity index (χ2n) is 3.50. The summed E-state index contributed by atoms with van der Waals surface area (Å²) in [6.45, 7) is 0. The maximum atomic E-state index is 11.3. The average Bonchev–Trinajstić information content (AvgIpc) is 2.47. The minimum Gasteiger partial charge on any atom is -0.366 e. The molecule has 0 spiro atoms. The van der Waals surface area contributed by atoms with Crippen molar-refractivity contribution in [2.75, 3.05) is 0 Å². The standard InChI is InChI=1S/C10H11BrN2O/c11-6-3-1-5-2-4-7(12)8(5)9(6)10(13)14/h1,3,7H,2,4,12H2,(H2,13,14)/t7-/m0/s1. The fraction of sp³-hybridized carbons (Fsp3) is 0.300. The SMILES string of the molecule is NC(=O)c1c(Br)ccc2c1[C@@H](N)CC2. The average molecular weight is 255 g/mol. The van der Waals surface area contributed by atoms with Crippen molar-refractivity contribution in [3.8, 4) is 0 Å². The predicted molar refractivity (Wildman–Crippen MR) is 57.9 cm³/mol. The van der Waals surface area contributed by atoms with Gasteiger partial charge in [0.05, 0.1) is 5.56 Å². The number of hydrogen-bond acceptors (Lipinski definition) is 2. The predicted octanol–water partition coefficient (Wildman–Crippen LogP) is 1.49. The molecule has 14 heavy (non-hydrogen) atoms. The highest BCUT2D eigenvalue weighted by molar-refractivity contribution is 9.10. The van der Waals surface area contributed by atoms with Gasteiger partial charge in [-0.3, -0.25) is 4.79 Å². The van der Waals surface area contributed by atoms with Gasteiger partial charge in [0.25, 0.3) is 0 Å². The summed E-state index contributed by atoms with van der Waals surface area (Å²) < 4.78 is 0.737. The van der Waals surface area contributed by atoms with Crippen molar-refractivity contribution in [2.24, 2.45) is 11.5 Å². The number of rotatable bonds is 1. The van der Waals surface area contributed by atoms with Gasteiger partial charge in [0.1, 0.15) is 0 Å². The largest absolute Gasteiger partial charge is 0.366 e. The molecule has 3 nitrogen and oxygen atoms in total. The van der Waals surface area contributed by atoms with Gasteiger partial charge in [-0.05, 0) is 46.0 Å². The third kappa shape index (κ3) is 1.35. The van der Waals surface area contributed by atoms with E-state index in [0.717, 1.165) is 28.4 Å². The first-order valence-corrected chi connectivity index (χ1v) is 5.27. The molecular weight excluding hydrogens is 244 g/mol. The molecule has 1 aromatic carbocycles. The van der Waals surface area contributed by atoms with Gasteiger partial charge in [-0.15, -0.1) is 0 Å². The minimum atomic E-state index is -0.411. The number of fused-ring (bicyclic) bond motifs is 1. The maximum absolute atomic E-state index is 11.3. The highest BCUT2D eigenvalue weighted by Gasteiger charge is 2.25. The Bertz CT molecular complexity index is 403. The van der Waals surface area contributed by atoms with Crippen LogP contribution in [0.25, 0.3) is 0 Å². The lowest BCUT2D eigenvalue weighted by Gasteiger charge is -2.11. The number of halogens is 1. The summed E-state index contributed by atoms with van der Waals surface area (Å²) in [6, 6.07) is 3.81. The van der Waals surface area contributed by atoms with E-state index in [1.54, 1.807) is 0 Å². The zero-order valence-electron chi connectivity index (χ0n) is 7.59.